The standard InChI is InChI=1S/C13H17F2N3O/c1-17(2)13(19)12-10(14)7-9(8-11(12)15)18-5-3-16-4-6-18/h7-8,16H,3-6H2,1-2H3. The zero-order valence-electron chi connectivity index (χ0n) is 11.0. The van der Waals surface area contributed by atoms with Gasteiger partial charge in [0.05, 0.1) is 0 Å². The zero-order chi connectivity index (χ0) is 14.0. The van der Waals surface area contributed by atoms with Crippen molar-refractivity contribution in [2.24, 2.45) is 0 Å². The Bertz CT molecular complexity index is 462. The van der Waals surface area contributed by atoms with Crippen molar-refractivity contribution in [3.63, 3.8) is 0 Å². The summed E-state index contributed by atoms with van der Waals surface area (Å²) in [5.41, 5.74) is -0.0179. The lowest BCUT2D eigenvalue weighted by Gasteiger charge is -2.29. The van der Waals surface area contributed by atoms with Crippen LogP contribution in [0.15, 0.2) is 12.1 Å². The fourth-order valence-electron chi connectivity index (χ4n) is 2.09. The van der Waals surface area contributed by atoms with Gasteiger partial charge in [-0.3, -0.25) is 4.79 Å². The van der Waals surface area contributed by atoms with Crippen LogP contribution in [0, 0.1) is 11.6 Å². The lowest BCUT2D eigenvalue weighted by Crippen LogP contribution is -2.43. The van der Waals surface area contributed by atoms with Gasteiger partial charge in [-0.2, -0.15) is 0 Å². The number of nitrogens with one attached hydrogen (secondary N) is 1. The molecule has 2 rings (SSSR count). The largest absolute Gasteiger partial charge is 0.369 e. The number of benzene rings is 1. The molecule has 4 nitrogen and oxygen atoms in total. The van der Waals surface area contributed by atoms with Gasteiger partial charge in [0.25, 0.3) is 5.91 Å². The Labute approximate surface area is 111 Å². The molecule has 1 aliphatic rings. The Morgan fingerprint density at radius 1 is 1.21 bits per heavy atom. The fourth-order valence-corrected chi connectivity index (χ4v) is 2.09. The van der Waals surface area contributed by atoms with E-state index >= 15 is 0 Å². The molecule has 0 unspecified atom stereocenters. The first-order valence-electron chi connectivity index (χ1n) is 6.17. The van der Waals surface area contributed by atoms with Gasteiger partial charge in [0, 0.05) is 46.0 Å². The molecule has 1 heterocycles. The molecule has 1 aromatic rings. The molecule has 1 fully saturated rings. The number of hydrogen-bond donors (Lipinski definition) is 1. The maximum Gasteiger partial charge on any atom is 0.259 e. The molecule has 1 aliphatic heterocycles. The number of hydrogen-bond acceptors (Lipinski definition) is 3. The van der Waals surface area contributed by atoms with Crippen LogP contribution in [-0.2, 0) is 0 Å². The molecular formula is C13H17F2N3O. The molecule has 0 radical (unpaired) electrons. The summed E-state index contributed by atoms with van der Waals surface area (Å²) in [6, 6.07) is 2.45. The van der Waals surface area contributed by atoms with Gasteiger partial charge in [-0.25, -0.2) is 8.78 Å². The van der Waals surface area contributed by atoms with E-state index in [1.54, 1.807) is 0 Å². The van der Waals surface area contributed by atoms with Crippen molar-refractivity contribution >= 4 is 11.6 Å². The van der Waals surface area contributed by atoms with Crippen LogP contribution < -0.4 is 10.2 Å². The van der Waals surface area contributed by atoms with E-state index in [0.29, 0.717) is 18.8 Å². The van der Waals surface area contributed by atoms with Crippen molar-refractivity contribution in [3.05, 3.63) is 29.3 Å². The Balaban J connectivity index is 2.33. The molecule has 104 valence electrons. The highest BCUT2D eigenvalue weighted by atomic mass is 19.1. The number of carbonyl (C=O) groups excluding carboxylic acids is 1. The van der Waals surface area contributed by atoms with Crippen molar-refractivity contribution in [1.82, 2.24) is 10.2 Å². The van der Waals surface area contributed by atoms with Crippen LogP contribution >= 0.6 is 0 Å². The highest BCUT2D eigenvalue weighted by molar-refractivity contribution is 5.94. The van der Waals surface area contributed by atoms with E-state index in [0.717, 1.165) is 18.0 Å². The SMILES string of the molecule is CN(C)C(=O)c1c(F)cc(N2CCNCC2)cc1F. The lowest BCUT2D eigenvalue weighted by molar-refractivity contribution is 0.0818. The number of nitrogens with zero attached hydrogens (tertiary/aromatic N) is 2. The quantitative estimate of drug-likeness (QED) is 0.872. The van der Waals surface area contributed by atoms with Gasteiger partial charge in [-0.05, 0) is 12.1 Å². The minimum Gasteiger partial charge on any atom is -0.369 e. The number of amides is 1. The number of halogens is 2. The van der Waals surface area contributed by atoms with E-state index in [4.69, 9.17) is 0 Å². The Morgan fingerprint density at radius 2 is 1.74 bits per heavy atom. The van der Waals surface area contributed by atoms with Gasteiger partial charge in [0.2, 0.25) is 0 Å². The predicted molar refractivity (Wildman–Crippen MR) is 69.5 cm³/mol. The molecule has 0 bridgehead atoms. The maximum absolute atomic E-state index is 13.9. The third-order valence-corrected chi connectivity index (χ3v) is 3.13. The lowest BCUT2D eigenvalue weighted by atomic mass is 10.1. The summed E-state index contributed by atoms with van der Waals surface area (Å²) in [7, 11) is 2.93. The van der Waals surface area contributed by atoms with Gasteiger partial charge in [-0.1, -0.05) is 0 Å². The summed E-state index contributed by atoms with van der Waals surface area (Å²) < 4.78 is 27.9. The van der Waals surface area contributed by atoms with Crippen molar-refractivity contribution in [1.29, 1.82) is 0 Å². The van der Waals surface area contributed by atoms with E-state index in [-0.39, 0.29) is 0 Å². The average molecular weight is 269 g/mol. The minimum atomic E-state index is -0.813. The first kappa shape index (κ1) is 13.7. The molecule has 19 heavy (non-hydrogen) atoms. The van der Waals surface area contributed by atoms with Crippen molar-refractivity contribution in [2.45, 2.75) is 0 Å². The summed E-state index contributed by atoms with van der Waals surface area (Å²) in [6.07, 6.45) is 0. The second-order valence-corrected chi connectivity index (χ2v) is 4.72. The molecule has 0 saturated carbocycles. The summed E-state index contributed by atoms with van der Waals surface area (Å²) >= 11 is 0. The fraction of sp³-hybridized carbons (Fsp3) is 0.462. The van der Waals surface area contributed by atoms with Crippen LogP contribution in [0.5, 0.6) is 0 Å². The van der Waals surface area contributed by atoms with Gasteiger partial charge in [0.1, 0.15) is 17.2 Å². The minimum absolute atomic E-state index is 0.479. The topological polar surface area (TPSA) is 35.6 Å². The van der Waals surface area contributed by atoms with E-state index in [1.807, 2.05) is 4.90 Å². The van der Waals surface area contributed by atoms with Crippen molar-refractivity contribution in [3.8, 4) is 0 Å². The van der Waals surface area contributed by atoms with Crippen molar-refractivity contribution in [2.75, 3.05) is 45.2 Å². The van der Waals surface area contributed by atoms with Crippen LogP contribution in [0.2, 0.25) is 0 Å². The highest BCUT2D eigenvalue weighted by Crippen LogP contribution is 2.23. The monoisotopic (exact) mass is 269 g/mol. The molecule has 1 amide bonds. The second kappa shape index (κ2) is 5.52. The predicted octanol–water partition coefficient (Wildman–Crippen LogP) is 1.08. The molecule has 0 atom stereocenters. The summed E-state index contributed by atoms with van der Waals surface area (Å²) in [4.78, 5) is 14.8. The number of piperazine rings is 1. The van der Waals surface area contributed by atoms with Gasteiger partial charge in [-0.15, -0.1) is 0 Å². The Hall–Kier alpha value is -1.69. The Kier molecular flexibility index (Phi) is 3.99. The first-order valence-corrected chi connectivity index (χ1v) is 6.17. The summed E-state index contributed by atoms with van der Waals surface area (Å²) in [5, 5.41) is 3.17. The van der Waals surface area contributed by atoms with Gasteiger partial charge in [0.15, 0.2) is 0 Å². The third kappa shape index (κ3) is 2.84. The summed E-state index contributed by atoms with van der Waals surface area (Å²) in [6.45, 7) is 2.95. The summed E-state index contributed by atoms with van der Waals surface area (Å²) in [5.74, 6) is -2.29. The van der Waals surface area contributed by atoms with Crippen LogP contribution in [0.1, 0.15) is 10.4 Å². The van der Waals surface area contributed by atoms with Crippen LogP contribution in [0.3, 0.4) is 0 Å². The molecule has 0 aromatic heterocycles. The van der Waals surface area contributed by atoms with Crippen LogP contribution in [0.4, 0.5) is 14.5 Å². The normalized spacial score (nSPS) is 15.5. The average Bonchev–Trinajstić information content (AvgIpc) is 2.38. The van der Waals surface area contributed by atoms with Gasteiger partial charge < -0.3 is 15.1 Å². The number of anilines is 1. The molecule has 6 heteroatoms. The number of carbonyl (C=O) groups is 1. The second-order valence-electron chi connectivity index (χ2n) is 4.72. The Morgan fingerprint density at radius 3 is 2.21 bits per heavy atom. The van der Waals surface area contributed by atoms with E-state index in [9.17, 15) is 13.6 Å². The molecule has 1 aromatic carbocycles. The molecular weight excluding hydrogens is 252 g/mol. The number of rotatable bonds is 2. The smallest absolute Gasteiger partial charge is 0.259 e. The van der Waals surface area contributed by atoms with Gasteiger partial charge >= 0.3 is 0 Å². The molecule has 0 spiro atoms. The molecule has 1 N–H and O–H groups in total. The third-order valence-electron chi connectivity index (χ3n) is 3.13. The zero-order valence-corrected chi connectivity index (χ0v) is 11.0. The molecule has 1 saturated heterocycles. The first-order chi connectivity index (χ1) is 9.00. The van der Waals surface area contributed by atoms with Crippen LogP contribution in [-0.4, -0.2) is 51.1 Å². The highest BCUT2D eigenvalue weighted by Gasteiger charge is 2.22. The molecule has 0 aliphatic carbocycles. The van der Waals surface area contributed by atoms with Crippen molar-refractivity contribution < 1.29 is 13.6 Å². The van der Waals surface area contributed by atoms with Crippen LogP contribution in [0.25, 0.3) is 0 Å². The van der Waals surface area contributed by atoms with E-state index in [1.165, 1.54) is 26.2 Å². The van der Waals surface area contributed by atoms with E-state index in [2.05, 4.69) is 5.32 Å². The maximum atomic E-state index is 13.9. The van der Waals surface area contributed by atoms with E-state index < -0.39 is 23.1 Å².